The van der Waals surface area contributed by atoms with E-state index in [1.807, 2.05) is 48.0 Å². The van der Waals surface area contributed by atoms with Crippen LogP contribution in [0.2, 0.25) is 5.02 Å². The van der Waals surface area contributed by atoms with Crippen molar-refractivity contribution in [3.8, 4) is 5.69 Å². The largest absolute Gasteiger partial charge is 0.468 e. The summed E-state index contributed by atoms with van der Waals surface area (Å²) in [5.74, 6) is 0.966. The number of hydrogen-bond donors (Lipinski definition) is 1. The third kappa shape index (κ3) is 4.01. The number of halogens is 1. The van der Waals surface area contributed by atoms with E-state index >= 15 is 0 Å². The molecule has 1 unspecified atom stereocenters. The summed E-state index contributed by atoms with van der Waals surface area (Å²) in [6, 6.07) is 11.9. The molecule has 0 amide bonds. The van der Waals surface area contributed by atoms with Gasteiger partial charge in [0.15, 0.2) is 0 Å². The topological polar surface area (TPSA) is 46.2 Å². The van der Waals surface area contributed by atoms with Gasteiger partial charge in [-0.15, -0.1) is 0 Å². The van der Waals surface area contributed by atoms with Gasteiger partial charge in [0, 0.05) is 29.4 Å². The molecule has 0 spiro atoms. The van der Waals surface area contributed by atoms with E-state index in [1.54, 1.807) is 6.26 Å². The molecule has 2 heterocycles. The van der Waals surface area contributed by atoms with E-state index in [1.165, 1.54) is 5.56 Å². The van der Waals surface area contributed by atoms with Gasteiger partial charge in [-0.25, -0.2) is 4.68 Å². The van der Waals surface area contributed by atoms with Crippen molar-refractivity contribution in [1.29, 1.82) is 0 Å². The lowest BCUT2D eigenvalue weighted by atomic mass is 10.1. The van der Waals surface area contributed by atoms with Crippen molar-refractivity contribution in [2.75, 3.05) is 20.6 Å². The second kappa shape index (κ2) is 8.08. The van der Waals surface area contributed by atoms with Crippen molar-refractivity contribution in [2.45, 2.75) is 26.4 Å². The molecular formula is C20H25ClN4O. The van der Waals surface area contributed by atoms with Crippen molar-refractivity contribution in [3.05, 3.63) is 70.4 Å². The molecule has 0 fully saturated rings. The van der Waals surface area contributed by atoms with Crippen LogP contribution >= 0.6 is 11.6 Å². The first-order chi connectivity index (χ1) is 12.5. The van der Waals surface area contributed by atoms with Gasteiger partial charge >= 0.3 is 0 Å². The van der Waals surface area contributed by atoms with Crippen molar-refractivity contribution in [3.63, 3.8) is 0 Å². The van der Waals surface area contributed by atoms with Crippen LogP contribution in [0.3, 0.4) is 0 Å². The predicted molar refractivity (Wildman–Crippen MR) is 105 cm³/mol. The van der Waals surface area contributed by atoms with Gasteiger partial charge in [-0.2, -0.15) is 5.10 Å². The van der Waals surface area contributed by atoms with Gasteiger partial charge in [-0.3, -0.25) is 4.90 Å². The van der Waals surface area contributed by atoms with Gasteiger partial charge in [0.05, 0.1) is 23.7 Å². The number of aromatic nitrogens is 2. The summed E-state index contributed by atoms with van der Waals surface area (Å²) in [6.45, 7) is 5.70. The molecule has 3 rings (SSSR count). The highest BCUT2D eigenvalue weighted by Gasteiger charge is 2.18. The number of benzene rings is 1. The third-order valence-corrected chi connectivity index (χ3v) is 4.90. The van der Waals surface area contributed by atoms with Gasteiger partial charge in [0.1, 0.15) is 5.76 Å². The minimum Gasteiger partial charge on any atom is -0.468 e. The molecule has 0 saturated heterocycles. The molecule has 26 heavy (non-hydrogen) atoms. The molecule has 0 bridgehead atoms. The first kappa shape index (κ1) is 18.7. The predicted octanol–water partition coefficient (Wildman–Crippen LogP) is 4.13. The fraction of sp³-hybridized carbons (Fsp3) is 0.350. The summed E-state index contributed by atoms with van der Waals surface area (Å²) in [4.78, 5) is 2.16. The first-order valence-corrected chi connectivity index (χ1v) is 9.06. The lowest BCUT2D eigenvalue weighted by molar-refractivity contribution is 0.250. The van der Waals surface area contributed by atoms with E-state index in [0.717, 1.165) is 40.9 Å². The number of furan rings is 1. The zero-order chi connectivity index (χ0) is 18.7. The van der Waals surface area contributed by atoms with E-state index in [2.05, 4.69) is 31.2 Å². The van der Waals surface area contributed by atoms with Crippen LogP contribution in [0.4, 0.5) is 0 Å². The molecule has 2 aromatic heterocycles. The number of nitrogens with zero attached hydrogens (tertiary/aromatic N) is 3. The highest BCUT2D eigenvalue weighted by molar-refractivity contribution is 6.30. The SMILES string of the molecule is Cc1nn(-c2ccc(Cl)cc2)c(C)c1CNCC(c1ccco1)N(C)C. The first-order valence-electron chi connectivity index (χ1n) is 8.69. The van der Waals surface area contributed by atoms with Crippen molar-refractivity contribution < 1.29 is 4.42 Å². The fourth-order valence-electron chi connectivity index (χ4n) is 3.12. The number of likely N-dealkylation sites (N-methyl/N-ethyl adjacent to an activating group) is 1. The molecule has 1 aromatic carbocycles. The van der Waals surface area contributed by atoms with E-state index in [4.69, 9.17) is 21.1 Å². The Morgan fingerprint density at radius 1 is 1.19 bits per heavy atom. The molecule has 0 radical (unpaired) electrons. The molecule has 138 valence electrons. The van der Waals surface area contributed by atoms with Crippen LogP contribution in [0.25, 0.3) is 5.69 Å². The molecule has 3 aromatic rings. The average Bonchev–Trinajstić information content (AvgIpc) is 3.22. The number of hydrogen-bond acceptors (Lipinski definition) is 4. The Balaban J connectivity index is 1.71. The quantitative estimate of drug-likeness (QED) is 0.677. The van der Waals surface area contributed by atoms with Gasteiger partial charge in [-0.1, -0.05) is 11.6 Å². The Kier molecular flexibility index (Phi) is 5.81. The molecule has 6 heteroatoms. The van der Waals surface area contributed by atoms with Crippen LogP contribution in [-0.4, -0.2) is 35.3 Å². The monoisotopic (exact) mass is 372 g/mol. The summed E-state index contributed by atoms with van der Waals surface area (Å²) in [6.07, 6.45) is 1.72. The molecular weight excluding hydrogens is 348 g/mol. The van der Waals surface area contributed by atoms with Crippen molar-refractivity contribution >= 4 is 11.6 Å². The maximum atomic E-state index is 5.99. The van der Waals surface area contributed by atoms with Crippen LogP contribution < -0.4 is 5.32 Å². The van der Waals surface area contributed by atoms with Crippen LogP contribution in [-0.2, 0) is 6.54 Å². The van der Waals surface area contributed by atoms with Crippen LogP contribution in [0, 0.1) is 13.8 Å². The average molecular weight is 373 g/mol. The molecule has 0 aliphatic rings. The number of rotatable bonds is 7. The lowest BCUT2D eigenvalue weighted by Gasteiger charge is -2.22. The maximum absolute atomic E-state index is 5.99. The standard InChI is InChI=1S/C20H25ClN4O/c1-14-18(12-22-13-19(24(3)4)20-6-5-11-26-20)15(2)25(23-14)17-9-7-16(21)8-10-17/h5-11,19,22H,12-13H2,1-4H3. The molecule has 0 aliphatic heterocycles. The summed E-state index contributed by atoms with van der Waals surface area (Å²) in [7, 11) is 4.12. The van der Waals surface area contributed by atoms with Crippen LogP contribution in [0.15, 0.2) is 47.1 Å². The second-order valence-electron chi connectivity index (χ2n) is 6.66. The van der Waals surface area contributed by atoms with E-state index in [9.17, 15) is 0 Å². The molecule has 1 N–H and O–H groups in total. The van der Waals surface area contributed by atoms with E-state index in [0.29, 0.717) is 0 Å². The van der Waals surface area contributed by atoms with E-state index < -0.39 is 0 Å². The smallest absolute Gasteiger partial charge is 0.122 e. The van der Waals surface area contributed by atoms with Crippen molar-refractivity contribution in [1.82, 2.24) is 20.0 Å². The Bertz CT molecular complexity index is 838. The summed E-state index contributed by atoms with van der Waals surface area (Å²) >= 11 is 5.99. The van der Waals surface area contributed by atoms with Crippen LogP contribution in [0.1, 0.15) is 28.8 Å². The molecule has 5 nitrogen and oxygen atoms in total. The summed E-state index contributed by atoms with van der Waals surface area (Å²) < 4.78 is 7.54. The number of nitrogens with one attached hydrogen (secondary N) is 1. The van der Waals surface area contributed by atoms with Gasteiger partial charge in [0.25, 0.3) is 0 Å². The normalized spacial score (nSPS) is 12.7. The van der Waals surface area contributed by atoms with E-state index in [-0.39, 0.29) is 6.04 Å². The molecule has 1 atom stereocenters. The zero-order valence-electron chi connectivity index (χ0n) is 15.7. The lowest BCUT2D eigenvalue weighted by Crippen LogP contribution is -2.30. The molecule has 0 saturated carbocycles. The minimum atomic E-state index is 0.192. The highest BCUT2D eigenvalue weighted by atomic mass is 35.5. The summed E-state index contributed by atoms with van der Waals surface area (Å²) in [5.41, 5.74) is 4.40. The maximum Gasteiger partial charge on any atom is 0.122 e. The Labute approximate surface area is 159 Å². The Morgan fingerprint density at radius 2 is 1.92 bits per heavy atom. The minimum absolute atomic E-state index is 0.192. The number of aryl methyl sites for hydroxylation is 1. The summed E-state index contributed by atoms with van der Waals surface area (Å²) in [5, 5.41) is 8.98. The highest BCUT2D eigenvalue weighted by Crippen LogP contribution is 2.21. The van der Waals surface area contributed by atoms with Gasteiger partial charge in [0.2, 0.25) is 0 Å². The van der Waals surface area contributed by atoms with Gasteiger partial charge < -0.3 is 9.73 Å². The molecule has 0 aliphatic carbocycles. The zero-order valence-corrected chi connectivity index (χ0v) is 16.4. The Morgan fingerprint density at radius 3 is 2.54 bits per heavy atom. The van der Waals surface area contributed by atoms with Gasteiger partial charge in [-0.05, 0) is 64.3 Å². The van der Waals surface area contributed by atoms with Crippen LogP contribution in [0.5, 0.6) is 0 Å². The van der Waals surface area contributed by atoms with Crippen molar-refractivity contribution in [2.24, 2.45) is 0 Å². The fourth-order valence-corrected chi connectivity index (χ4v) is 3.24. The second-order valence-corrected chi connectivity index (χ2v) is 7.10. The Hall–Kier alpha value is -2.08. The third-order valence-electron chi connectivity index (χ3n) is 4.65.